The molecule has 1 aliphatic heterocycles. The lowest BCUT2D eigenvalue weighted by molar-refractivity contribution is -0.140. The van der Waals surface area contributed by atoms with E-state index in [1.165, 1.54) is 4.90 Å². The highest BCUT2D eigenvalue weighted by atomic mass is 16.2. The van der Waals surface area contributed by atoms with Gasteiger partial charge in [-0.1, -0.05) is 36.4 Å². The van der Waals surface area contributed by atoms with Crippen LogP contribution >= 0.6 is 0 Å². The molecule has 0 fully saturated rings. The first kappa shape index (κ1) is 17.8. The molecule has 2 heterocycles. The number of anilines is 1. The van der Waals surface area contributed by atoms with E-state index < -0.39 is 17.9 Å². The van der Waals surface area contributed by atoms with Crippen LogP contribution in [0.4, 0.5) is 5.69 Å². The van der Waals surface area contributed by atoms with Crippen molar-refractivity contribution < 1.29 is 14.4 Å². The van der Waals surface area contributed by atoms with Gasteiger partial charge in [0, 0.05) is 41.9 Å². The van der Waals surface area contributed by atoms with E-state index >= 15 is 0 Å². The molecule has 0 spiro atoms. The van der Waals surface area contributed by atoms with Gasteiger partial charge >= 0.3 is 11.8 Å². The fourth-order valence-electron chi connectivity index (χ4n) is 3.55. The van der Waals surface area contributed by atoms with Crippen molar-refractivity contribution in [2.24, 2.45) is 0 Å². The number of nitrogens with zero attached hydrogens (tertiary/aromatic N) is 1. The molecule has 0 bridgehead atoms. The first-order valence-corrected chi connectivity index (χ1v) is 9.06. The normalized spacial score (nSPS) is 15.5. The van der Waals surface area contributed by atoms with Crippen LogP contribution in [0.15, 0.2) is 54.7 Å². The lowest BCUT2D eigenvalue weighted by Crippen LogP contribution is -2.44. The molecule has 3 aromatic rings. The molecular weight excluding hydrogens is 356 g/mol. The lowest BCUT2D eigenvalue weighted by Gasteiger charge is -2.13. The molecule has 4 rings (SSSR count). The Morgan fingerprint density at radius 1 is 1.07 bits per heavy atom. The van der Waals surface area contributed by atoms with Crippen LogP contribution in [-0.2, 0) is 20.8 Å². The van der Waals surface area contributed by atoms with Gasteiger partial charge in [-0.05, 0) is 24.1 Å². The third kappa shape index (κ3) is 3.11. The first-order chi connectivity index (χ1) is 13.6. The third-order valence-electron chi connectivity index (χ3n) is 5.02. The van der Waals surface area contributed by atoms with E-state index in [9.17, 15) is 14.4 Å². The van der Waals surface area contributed by atoms with E-state index in [2.05, 4.69) is 15.6 Å². The summed E-state index contributed by atoms with van der Waals surface area (Å²) in [6, 6.07) is 14.3. The molecule has 0 unspecified atom stereocenters. The van der Waals surface area contributed by atoms with E-state index in [4.69, 9.17) is 0 Å². The number of likely N-dealkylation sites (N-methyl/N-ethyl adjacent to an activating group) is 1. The summed E-state index contributed by atoms with van der Waals surface area (Å²) in [5.41, 5.74) is 3.52. The Bertz CT molecular complexity index is 1070. The minimum Gasteiger partial charge on any atom is -0.361 e. The molecule has 0 saturated carbocycles. The maximum Gasteiger partial charge on any atom is 0.310 e. The molecule has 0 aliphatic carbocycles. The molecule has 7 heteroatoms. The van der Waals surface area contributed by atoms with E-state index in [1.807, 2.05) is 36.5 Å². The number of rotatable bonds is 4. The summed E-state index contributed by atoms with van der Waals surface area (Å²) in [6.45, 7) is 0.323. The van der Waals surface area contributed by atoms with Crippen LogP contribution in [0.1, 0.15) is 17.2 Å². The fraction of sp³-hybridized carbons (Fsp3) is 0.190. The quantitative estimate of drug-likeness (QED) is 0.605. The van der Waals surface area contributed by atoms with Crippen LogP contribution in [0.2, 0.25) is 0 Å². The van der Waals surface area contributed by atoms with Gasteiger partial charge in [0.05, 0.1) is 0 Å². The largest absolute Gasteiger partial charge is 0.361 e. The van der Waals surface area contributed by atoms with Crippen molar-refractivity contribution in [3.05, 3.63) is 65.9 Å². The highest BCUT2D eigenvalue weighted by Gasteiger charge is 2.36. The van der Waals surface area contributed by atoms with Crippen molar-refractivity contribution >= 4 is 34.3 Å². The van der Waals surface area contributed by atoms with Gasteiger partial charge in [0.2, 0.25) is 0 Å². The minimum atomic E-state index is -0.840. The number of carbonyl (C=O) groups excluding carboxylic acids is 3. The Kier molecular flexibility index (Phi) is 4.57. The number of aromatic nitrogens is 1. The molecule has 28 heavy (non-hydrogen) atoms. The molecule has 0 saturated heterocycles. The molecule has 7 nitrogen and oxygen atoms in total. The Balaban J connectivity index is 1.35. The maximum absolute atomic E-state index is 12.4. The average Bonchev–Trinajstić information content (AvgIpc) is 3.23. The number of hydrogen-bond donors (Lipinski definition) is 3. The summed E-state index contributed by atoms with van der Waals surface area (Å²) in [6.07, 6.45) is 2.50. The highest BCUT2D eigenvalue weighted by Crippen LogP contribution is 2.34. The summed E-state index contributed by atoms with van der Waals surface area (Å²) in [7, 11) is 1.65. The van der Waals surface area contributed by atoms with E-state index in [0.717, 1.165) is 22.2 Å². The van der Waals surface area contributed by atoms with Gasteiger partial charge in [-0.3, -0.25) is 14.4 Å². The molecule has 0 radical (unpaired) electrons. The minimum absolute atomic E-state index is 0.263. The third-order valence-corrected chi connectivity index (χ3v) is 5.02. The molecule has 1 atom stereocenters. The topological polar surface area (TPSA) is 94.3 Å². The van der Waals surface area contributed by atoms with Gasteiger partial charge in [-0.2, -0.15) is 0 Å². The zero-order chi connectivity index (χ0) is 19.7. The van der Waals surface area contributed by atoms with Crippen LogP contribution in [0.25, 0.3) is 10.9 Å². The number of hydrogen-bond acceptors (Lipinski definition) is 3. The predicted molar refractivity (Wildman–Crippen MR) is 106 cm³/mol. The number of carbonyl (C=O) groups is 3. The zero-order valence-electron chi connectivity index (χ0n) is 15.4. The zero-order valence-corrected chi connectivity index (χ0v) is 15.4. The predicted octanol–water partition coefficient (Wildman–Crippen LogP) is 1.66. The van der Waals surface area contributed by atoms with E-state index in [0.29, 0.717) is 18.5 Å². The van der Waals surface area contributed by atoms with Crippen LogP contribution in [0.3, 0.4) is 0 Å². The number of aromatic amines is 1. The van der Waals surface area contributed by atoms with Crippen molar-refractivity contribution in [1.82, 2.24) is 15.6 Å². The number of nitrogens with one attached hydrogen (secondary N) is 3. The van der Waals surface area contributed by atoms with Gasteiger partial charge in [0.25, 0.3) is 5.91 Å². The second kappa shape index (κ2) is 7.19. The monoisotopic (exact) mass is 376 g/mol. The lowest BCUT2D eigenvalue weighted by atomic mass is 10.1. The van der Waals surface area contributed by atoms with Gasteiger partial charge in [-0.15, -0.1) is 0 Å². The SMILES string of the molecule is CN1C(=O)[C@@H](NC(=O)C(=O)NCCc2c[nH]c3ccccc23)c2ccccc21. The number of para-hydroxylation sites is 2. The van der Waals surface area contributed by atoms with Crippen molar-refractivity contribution in [1.29, 1.82) is 0 Å². The first-order valence-electron chi connectivity index (χ1n) is 9.06. The summed E-state index contributed by atoms with van der Waals surface area (Å²) in [5, 5.41) is 6.25. The van der Waals surface area contributed by atoms with Gasteiger partial charge in [0.1, 0.15) is 6.04 Å². The Labute approximate surface area is 161 Å². The van der Waals surface area contributed by atoms with E-state index in [1.54, 1.807) is 25.2 Å². The maximum atomic E-state index is 12.4. The Hall–Kier alpha value is -3.61. The highest BCUT2D eigenvalue weighted by molar-refractivity contribution is 6.35. The fourth-order valence-corrected chi connectivity index (χ4v) is 3.55. The standard InChI is InChI=1S/C21H20N4O3/c1-25-17-9-5-3-7-15(17)18(21(25)28)24-20(27)19(26)22-11-10-13-12-23-16-8-4-2-6-14(13)16/h2-9,12,18,23H,10-11H2,1H3,(H,22,26)(H,24,27)/t18-/m0/s1. The molecule has 2 aromatic carbocycles. The number of benzene rings is 2. The summed E-state index contributed by atoms with van der Waals surface area (Å²) in [4.78, 5) is 41.5. The number of H-pyrrole nitrogens is 1. The molecule has 1 aromatic heterocycles. The smallest absolute Gasteiger partial charge is 0.310 e. The average molecular weight is 376 g/mol. The van der Waals surface area contributed by atoms with Gasteiger partial charge < -0.3 is 20.5 Å². The number of fused-ring (bicyclic) bond motifs is 2. The molecular formula is C21H20N4O3. The number of amides is 3. The molecule has 3 N–H and O–H groups in total. The second-order valence-electron chi connectivity index (χ2n) is 6.73. The van der Waals surface area contributed by atoms with E-state index in [-0.39, 0.29) is 5.91 Å². The summed E-state index contributed by atoms with van der Waals surface area (Å²) < 4.78 is 0. The Morgan fingerprint density at radius 2 is 1.82 bits per heavy atom. The van der Waals surface area contributed by atoms with Crippen LogP contribution in [-0.4, -0.2) is 36.3 Å². The van der Waals surface area contributed by atoms with Gasteiger partial charge in [0.15, 0.2) is 0 Å². The van der Waals surface area contributed by atoms with Crippen molar-refractivity contribution in [3.8, 4) is 0 Å². The van der Waals surface area contributed by atoms with Crippen molar-refractivity contribution in [3.63, 3.8) is 0 Å². The molecule has 142 valence electrons. The summed E-state index contributed by atoms with van der Waals surface area (Å²) in [5.74, 6) is -1.83. The van der Waals surface area contributed by atoms with Crippen LogP contribution in [0.5, 0.6) is 0 Å². The second-order valence-corrected chi connectivity index (χ2v) is 6.73. The summed E-state index contributed by atoms with van der Waals surface area (Å²) >= 11 is 0. The Morgan fingerprint density at radius 3 is 2.68 bits per heavy atom. The van der Waals surface area contributed by atoms with Crippen LogP contribution < -0.4 is 15.5 Å². The molecule has 1 aliphatic rings. The van der Waals surface area contributed by atoms with Crippen molar-refractivity contribution in [2.75, 3.05) is 18.5 Å². The van der Waals surface area contributed by atoms with Crippen LogP contribution in [0, 0.1) is 0 Å². The molecule has 3 amide bonds. The van der Waals surface area contributed by atoms with Gasteiger partial charge in [-0.25, -0.2) is 0 Å². The van der Waals surface area contributed by atoms with Crippen molar-refractivity contribution in [2.45, 2.75) is 12.5 Å².